The van der Waals surface area contributed by atoms with Crippen LogP contribution in [0.2, 0.25) is 0 Å². The van der Waals surface area contributed by atoms with Gasteiger partial charge in [0.2, 0.25) is 0 Å². The second-order valence-corrected chi connectivity index (χ2v) is 4.59. The van der Waals surface area contributed by atoms with E-state index in [2.05, 4.69) is 29.6 Å². The van der Waals surface area contributed by atoms with Gasteiger partial charge in [0, 0.05) is 0 Å². The molecule has 18 heavy (non-hydrogen) atoms. The van der Waals surface area contributed by atoms with Crippen LogP contribution in [-0.4, -0.2) is 11.1 Å². The minimum absolute atomic E-state index is 0.0438. The molecule has 0 amide bonds. The summed E-state index contributed by atoms with van der Waals surface area (Å²) in [5.41, 5.74) is 3.27. The first-order valence-corrected chi connectivity index (χ1v) is 6.20. The third kappa shape index (κ3) is 2.08. The van der Waals surface area contributed by atoms with Gasteiger partial charge in [-0.15, -0.1) is 0 Å². The number of hydrogen-bond donors (Lipinski definition) is 2. The maximum absolute atomic E-state index is 10.4. The lowest BCUT2D eigenvalue weighted by molar-refractivity contribution is -0.609. The summed E-state index contributed by atoms with van der Waals surface area (Å²) in [6, 6.07) is 18.2. The number of aliphatic hydroxyl groups excluding tert-OH is 1. The molecule has 3 N–H and O–H groups in total. The van der Waals surface area contributed by atoms with E-state index in [1.165, 1.54) is 0 Å². The second kappa shape index (κ2) is 4.77. The van der Waals surface area contributed by atoms with Gasteiger partial charge in [0.15, 0.2) is 0 Å². The Labute approximate surface area is 107 Å². The highest BCUT2D eigenvalue weighted by Crippen LogP contribution is 2.26. The van der Waals surface area contributed by atoms with Gasteiger partial charge in [0.1, 0.15) is 17.8 Å². The van der Waals surface area contributed by atoms with Crippen LogP contribution < -0.4 is 5.32 Å². The highest BCUT2D eigenvalue weighted by molar-refractivity contribution is 5.58. The van der Waals surface area contributed by atoms with Crippen LogP contribution in [0.4, 0.5) is 5.69 Å². The van der Waals surface area contributed by atoms with Crippen LogP contribution in [-0.2, 0) is 0 Å². The molecule has 1 aliphatic carbocycles. The van der Waals surface area contributed by atoms with E-state index >= 15 is 0 Å². The summed E-state index contributed by atoms with van der Waals surface area (Å²) in [5, 5.41) is 12.5. The van der Waals surface area contributed by atoms with E-state index in [0.717, 1.165) is 16.8 Å². The van der Waals surface area contributed by atoms with Crippen molar-refractivity contribution in [2.45, 2.75) is 12.1 Å². The van der Waals surface area contributed by atoms with Crippen LogP contribution in [0.15, 0.2) is 60.7 Å². The maximum Gasteiger partial charge on any atom is 0.140 e. The molecule has 0 radical (unpaired) electrons. The van der Waals surface area contributed by atoms with Crippen molar-refractivity contribution in [1.29, 1.82) is 0 Å². The summed E-state index contributed by atoms with van der Waals surface area (Å²) in [6.45, 7) is 0. The van der Waals surface area contributed by atoms with Crippen LogP contribution in [0.25, 0.3) is 6.08 Å². The quantitative estimate of drug-likeness (QED) is 0.772. The molecule has 0 spiro atoms. The third-order valence-corrected chi connectivity index (χ3v) is 3.36. The van der Waals surface area contributed by atoms with Crippen LogP contribution in [0.1, 0.15) is 17.2 Å². The van der Waals surface area contributed by atoms with Crippen molar-refractivity contribution < 1.29 is 10.4 Å². The van der Waals surface area contributed by atoms with Gasteiger partial charge in [-0.1, -0.05) is 48.5 Å². The summed E-state index contributed by atoms with van der Waals surface area (Å²) in [5.74, 6) is 0. The van der Waals surface area contributed by atoms with Crippen molar-refractivity contribution >= 4 is 11.8 Å². The molecule has 2 atom stereocenters. The Morgan fingerprint density at radius 3 is 2.44 bits per heavy atom. The Balaban J connectivity index is 1.85. The van der Waals surface area contributed by atoms with Crippen molar-refractivity contribution in [3.8, 4) is 0 Å². The van der Waals surface area contributed by atoms with Gasteiger partial charge in [-0.05, 0) is 29.3 Å². The fourth-order valence-corrected chi connectivity index (χ4v) is 2.39. The van der Waals surface area contributed by atoms with Crippen LogP contribution in [0.3, 0.4) is 0 Å². The van der Waals surface area contributed by atoms with Gasteiger partial charge in [0.05, 0.1) is 0 Å². The number of aliphatic hydroxyl groups is 1. The molecular weight excluding hydrogens is 222 g/mol. The predicted octanol–water partition coefficient (Wildman–Crippen LogP) is 2.01. The molecule has 0 aliphatic heterocycles. The molecule has 0 saturated carbocycles. The molecule has 0 saturated heterocycles. The molecule has 1 aliphatic rings. The van der Waals surface area contributed by atoms with E-state index in [0.29, 0.717) is 0 Å². The number of rotatable bonds is 2. The molecule has 0 bridgehead atoms. The van der Waals surface area contributed by atoms with Crippen molar-refractivity contribution in [1.82, 2.24) is 0 Å². The Kier molecular flexibility index (Phi) is 2.97. The topological polar surface area (TPSA) is 36.8 Å². The van der Waals surface area contributed by atoms with Crippen LogP contribution >= 0.6 is 0 Å². The maximum atomic E-state index is 10.4. The van der Waals surface area contributed by atoms with Crippen molar-refractivity contribution in [2.75, 3.05) is 0 Å². The molecule has 2 heteroatoms. The zero-order valence-corrected chi connectivity index (χ0v) is 10.0. The molecule has 3 rings (SSSR count). The standard InChI is InChI=1S/C16H15NO/c18-16-14-9-5-4-6-12(14)10-11-15(16)17-13-7-2-1-3-8-13/h1-11,15-18H/p+1/t15-,16-/m0/s1. The largest absolute Gasteiger partial charge is 0.382 e. The Morgan fingerprint density at radius 1 is 0.889 bits per heavy atom. The first-order chi connectivity index (χ1) is 8.84. The summed E-state index contributed by atoms with van der Waals surface area (Å²) >= 11 is 0. The normalized spacial score (nSPS) is 21.6. The molecule has 0 fully saturated rings. The highest BCUT2D eigenvalue weighted by Gasteiger charge is 2.26. The minimum atomic E-state index is -0.452. The van der Waals surface area contributed by atoms with Crippen molar-refractivity contribution in [3.05, 3.63) is 71.8 Å². The van der Waals surface area contributed by atoms with Gasteiger partial charge < -0.3 is 10.4 Å². The molecule has 0 heterocycles. The van der Waals surface area contributed by atoms with Gasteiger partial charge in [-0.25, -0.2) is 0 Å². The van der Waals surface area contributed by atoms with Crippen LogP contribution in [0, 0.1) is 0 Å². The van der Waals surface area contributed by atoms with Crippen molar-refractivity contribution in [2.24, 2.45) is 0 Å². The SMILES string of the molecule is O[C@H]1c2ccccc2C=C[C@@H]1[NH2+]c1ccccc1. The lowest BCUT2D eigenvalue weighted by atomic mass is 9.91. The summed E-state index contributed by atoms with van der Waals surface area (Å²) in [7, 11) is 0. The zero-order chi connectivity index (χ0) is 12.4. The molecule has 2 nitrogen and oxygen atoms in total. The molecule has 0 unspecified atom stereocenters. The molecular formula is C16H16NO+. The van der Waals surface area contributed by atoms with E-state index in [-0.39, 0.29) is 6.04 Å². The molecule has 0 aromatic heterocycles. The van der Waals surface area contributed by atoms with Gasteiger partial charge in [-0.3, -0.25) is 0 Å². The average Bonchev–Trinajstić information content (AvgIpc) is 2.43. The number of nitrogens with two attached hydrogens (primary N) is 1. The lowest BCUT2D eigenvalue weighted by Gasteiger charge is -2.23. The van der Waals surface area contributed by atoms with E-state index in [1.807, 2.05) is 42.5 Å². The van der Waals surface area contributed by atoms with E-state index in [4.69, 9.17) is 0 Å². The predicted molar refractivity (Wildman–Crippen MR) is 72.3 cm³/mol. The third-order valence-electron chi connectivity index (χ3n) is 3.36. The lowest BCUT2D eigenvalue weighted by Crippen LogP contribution is -2.85. The fraction of sp³-hybridized carbons (Fsp3) is 0.125. The fourth-order valence-electron chi connectivity index (χ4n) is 2.39. The summed E-state index contributed by atoms with van der Waals surface area (Å²) < 4.78 is 0. The molecule has 2 aromatic rings. The first kappa shape index (κ1) is 11.2. The van der Waals surface area contributed by atoms with Crippen LogP contribution in [0.5, 0.6) is 0 Å². The Morgan fingerprint density at radius 2 is 1.61 bits per heavy atom. The Hall–Kier alpha value is -1.90. The zero-order valence-electron chi connectivity index (χ0n) is 10.0. The molecule has 2 aromatic carbocycles. The second-order valence-electron chi connectivity index (χ2n) is 4.59. The van der Waals surface area contributed by atoms with E-state index < -0.39 is 6.10 Å². The highest BCUT2D eigenvalue weighted by atomic mass is 16.3. The van der Waals surface area contributed by atoms with Gasteiger partial charge in [0.25, 0.3) is 0 Å². The van der Waals surface area contributed by atoms with E-state index in [9.17, 15) is 5.11 Å². The smallest absolute Gasteiger partial charge is 0.140 e. The Bertz CT molecular complexity index is 562. The average molecular weight is 238 g/mol. The van der Waals surface area contributed by atoms with E-state index in [1.54, 1.807) is 0 Å². The number of benzene rings is 2. The van der Waals surface area contributed by atoms with Gasteiger partial charge in [-0.2, -0.15) is 0 Å². The monoisotopic (exact) mass is 238 g/mol. The summed E-state index contributed by atoms with van der Waals surface area (Å²) in [4.78, 5) is 0. The summed E-state index contributed by atoms with van der Waals surface area (Å²) in [6.07, 6.45) is 3.71. The number of fused-ring (bicyclic) bond motifs is 1. The minimum Gasteiger partial charge on any atom is -0.382 e. The number of para-hydroxylation sites is 1. The molecule has 90 valence electrons. The number of quaternary nitrogens is 1. The van der Waals surface area contributed by atoms with Gasteiger partial charge >= 0.3 is 0 Å². The number of hydrogen-bond acceptors (Lipinski definition) is 1. The van der Waals surface area contributed by atoms with Crippen molar-refractivity contribution in [3.63, 3.8) is 0 Å². The first-order valence-electron chi connectivity index (χ1n) is 6.20.